The number of nitrogens with one attached hydrogen (secondary N) is 1. The number of hydrogen-bond donors (Lipinski definition) is 3. The average molecular weight is 750 g/mol. The van der Waals surface area contributed by atoms with Gasteiger partial charge < -0.3 is 31.0 Å². The molecule has 0 aliphatic heterocycles. The third-order valence-electron chi connectivity index (χ3n) is 8.89. The van der Waals surface area contributed by atoms with E-state index in [1.54, 1.807) is 4.68 Å². The molecule has 6 rings (SSSR count). The van der Waals surface area contributed by atoms with E-state index in [-0.39, 0.29) is 37.6 Å². The van der Waals surface area contributed by atoms with E-state index in [1.165, 1.54) is 0 Å². The number of nitrogens with two attached hydrogens (primary N) is 2. The smallest absolute Gasteiger partial charge is 0.407 e. The number of aromatic nitrogens is 3. The van der Waals surface area contributed by atoms with Gasteiger partial charge in [-0.25, -0.2) is 4.79 Å². The van der Waals surface area contributed by atoms with Crippen LogP contribution in [0.4, 0.5) is 4.79 Å². The van der Waals surface area contributed by atoms with Gasteiger partial charge in [0.25, 0.3) is 0 Å². The van der Waals surface area contributed by atoms with Crippen molar-refractivity contribution in [1.29, 1.82) is 0 Å². The third kappa shape index (κ3) is 10.6. The van der Waals surface area contributed by atoms with Gasteiger partial charge in [-0.1, -0.05) is 110 Å². The van der Waals surface area contributed by atoms with Crippen molar-refractivity contribution in [2.75, 3.05) is 13.2 Å². The van der Waals surface area contributed by atoms with Crippen LogP contribution in [0.5, 0.6) is 11.5 Å². The summed E-state index contributed by atoms with van der Waals surface area (Å²) >= 11 is 0. The molecule has 12 heteroatoms. The van der Waals surface area contributed by atoms with Crippen molar-refractivity contribution < 1.29 is 19.0 Å². The van der Waals surface area contributed by atoms with Crippen LogP contribution in [0.1, 0.15) is 44.4 Å². The highest BCUT2D eigenvalue weighted by Gasteiger charge is 2.20. The van der Waals surface area contributed by atoms with Crippen LogP contribution in [0.3, 0.4) is 0 Å². The molecule has 1 amide bonds. The molecule has 54 heavy (non-hydrogen) atoms. The van der Waals surface area contributed by atoms with Crippen LogP contribution >= 0.6 is 12.4 Å². The lowest BCUT2D eigenvalue weighted by molar-refractivity contribution is 0.133. The first-order chi connectivity index (χ1) is 25.8. The van der Waals surface area contributed by atoms with Crippen LogP contribution in [-0.2, 0) is 24.5 Å². The number of amides is 1. The molecule has 5 N–H and O–H groups in total. The summed E-state index contributed by atoms with van der Waals surface area (Å²) in [5.41, 5.74) is 14.5. The number of guanidine groups is 1. The van der Waals surface area contributed by atoms with Gasteiger partial charge in [-0.2, -0.15) is 0 Å². The number of alkyl carbamates (subject to hydrolysis) is 1. The lowest BCUT2D eigenvalue weighted by Gasteiger charge is -2.20. The monoisotopic (exact) mass is 749 g/mol. The van der Waals surface area contributed by atoms with Crippen LogP contribution in [0.15, 0.2) is 114 Å². The second-order valence-corrected chi connectivity index (χ2v) is 13.4. The first kappa shape index (κ1) is 39.4. The Hall–Kier alpha value is -5.81. The molecule has 5 aromatic carbocycles. The predicted molar refractivity (Wildman–Crippen MR) is 217 cm³/mol. The number of carbonyl (C=O) groups excluding carboxylic acids is 1. The highest BCUT2D eigenvalue weighted by molar-refractivity contribution is 6.09. The largest absolute Gasteiger partial charge is 0.493 e. The van der Waals surface area contributed by atoms with Crippen molar-refractivity contribution >= 4 is 46.0 Å². The summed E-state index contributed by atoms with van der Waals surface area (Å²) in [5, 5.41) is 16.1. The van der Waals surface area contributed by atoms with Crippen LogP contribution in [0.2, 0.25) is 0 Å². The summed E-state index contributed by atoms with van der Waals surface area (Å²) < 4.78 is 20.3. The van der Waals surface area contributed by atoms with Crippen LogP contribution in [0.25, 0.3) is 32.7 Å². The summed E-state index contributed by atoms with van der Waals surface area (Å²) in [7, 11) is 0. The molecule has 6 aromatic rings. The van der Waals surface area contributed by atoms with Gasteiger partial charge in [0.15, 0.2) is 5.96 Å². The van der Waals surface area contributed by atoms with Crippen molar-refractivity contribution in [3.63, 3.8) is 0 Å². The minimum absolute atomic E-state index is 0. The van der Waals surface area contributed by atoms with Gasteiger partial charge in [0.2, 0.25) is 0 Å². The van der Waals surface area contributed by atoms with Gasteiger partial charge in [0.1, 0.15) is 30.4 Å². The summed E-state index contributed by atoms with van der Waals surface area (Å²) in [4.78, 5) is 16.9. The Labute approximate surface area is 322 Å². The molecule has 0 saturated carbocycles. The normalized spacial score (nSPS) is 11.5. The Balaban J connectivity index is 0.00000561. The molecule has 0 bridgehead atoms. The van der Waals surface area contributed by atoms with Gasteiger partial charge >= 0.3 is 6.09 Å². The van der Waals surface area contributed by atoms with Gasteiger partial charge in [-0.05, 0) is 64.4 Å². The van der Waals surface area contributed by atoms with Crippen LogP contribution in [0, 0.1) is 5.92 Å². The number of carbonyl (C=O) groups is 1. The van der Waals surface area contributed by atoms with E-state index in [4.69, 9.17) is 25.7 Å². The van der Waals surface area contributed by atoms with Crippen molar-refractivity contribution in [3.05, 3.63) is 121 Å². The van der Waals surface area contributed by atoms with Gasteiger partial charge in [-0.3, -0.25) is 9.67 Å². The summed E-state index contributed by atoms with van der Waals surface area (Å²) in [6.07, 6.45) is 3.50. The minimum Gasteiger partial charge on any atom is -0.493 e. The molecular formula is C42H48ClN7O4. The highest BCUT2D eigenvalue weighted by Crippen LogP contribution is 2.45. The fraction of sp³-hybridized carbons (Fsp3) is 0.286. The van der Waals surface area contributed by atoms with Crippen LogP contribution in [-0.4, -0.2) is 46.2 Å². The highest BCUT2D eigenvalue weighted by atomic mass is 35.5. The molecular weight excluding hydrogens is 702 g/mol. The van der Waals surface area contributed by atoms with E-state index in [1.807, 2.05) is 60.8 Å². The lowest BCUT2D eigenvalue weighted by Crippen LogP contribution is -2.38. The zero-order valence-corrected chi connectivity index (χ0v) is 31.5. The molecule has 0 spiro atoms. The molecule has 1 aromatic heterocycles. The molecule has 0 fully saturated rings. The topological polar surface area (TPSA) is 152 Å². The molecule has 282 valence electrons. The molecule has 1 heterocycles. The van der Waals surface area contributed by atoms with Crippen molar-refractivity contribution in [3.8, 4) is 22.6 Å². The van der Waals surface area contributed by atoms with E-state index in [2.05, 4.69) is 83.0 Å². The molecule has 0 aliphatic rings. The number of fused-ring (bicyclic) bond motifs is 2. The molecule has 1 atom stereocenters. The molecule has 0 radical (unpaired) electrons. The maximum Gasteiger partial charge on any atom is 0.407 e. The minimum atomic E-state index is -0.519. The quantitative estimate of drug-likeness (QED) is 0.0482. The van der Waals surface area contributed by atoms with Gasteiger partial charge in [0.05, 0.1) is 25.4 Å². The fourth-order valence-corrected chi connectivity index (χ4v) is 6.22. The van der Waals surface area contributed by atoms with E-state index in [0.29, 0.717) is 49.9 Å². The first-order valence-electron chi connectivity index (χ1n) is 18.0. The lowest BCUT2D eigenvalue weighted by atomic mass is 9.92. The van der Waals surface area contributed by atoms with E-state index >= 15 is 0 Å². The molecule has 0 saturated heterocycles. The van der Waals surface area contributed by atoms with Crippen molar-refractivity contribution in [1.82, 2.24) is 20.3 Å². The van der Waals surface area contributed by atoms with Crippen molar-refractivity contribution in [2.45, 2.75) is 58.9 Å². The summed E-state index contributed by atoms with van der Waals surface area (Å²) in [6, 6.07) is 34.2. The molecule has 0 aliphatic carbocycles. The van der Waals surface area contributed by atoms with Crippen LogP contribution < -0.4 is 26.3 Å². The van der Waals surface area contributed by atoms with Gasteiger partial charge in [-0.15, -0.1) is 17.5 Å². The zero-order chi connectivity index (χ0) is 37.0. The van der Waals surface area contributed by atoms with Crippen molar-refractivity contribution in [2.24, 2.45) is 22.4 Å². The van der Waals surface area contributed by atoms with E-state index < -0.39 is 6.09 Å². The summed E-state index contributed by atoms with van der Waals surface area (Å²) in [5.74, 6) is 2.08. The number of ether oxygens (including phenoxy) is 3. The number of rotatable bonds is 17. The number of halogens is 1. The maximum atomic E-state index is 12.8. The Morgan fingerprint density at radius 3 is 2.07 bits per heavy atom. The fourth-order valence-electron chi connectivity index (χ4n) is 6.22. The SMILES string of the molecule is CC(C)CCOc1ccc2ccccc2c1-c1c(OCc2cn(C[C@@H](CCCN=C(N)N)NC(=O)OCc3ccccc3)nn2)ccc2ccccc12.Cl. The second kappa shape index (κ2) is 19.3. The standard InChI is InChI=1S/C42H47N7O4.ClH/c1-29(2)22-24-51-37-20-18-31-13-6-8-16-35(31)39(37)40-36-17-9-7-14-32(36)19-21-38(40)52-28-34-26-49(48-47-34)25-33(15-10-23-45-41(43)44)46-42(50)53-27-30-11-4-3-5-12-30;/h3-9,11-14,16-21,26,29,33H,10,15,22-25,27-28H2,1-2H3,(H,46,50)(H4,43,44,45);1H/t33-;/m1./s1. The van der Waals surface area contributed by atoms with Gasteiger partial charge in [0, 0.05) is 17.7 Å². The Bertz CT molecular complexity index is 2150. The Kier molecular flexibility index (Phi) is 14.1. The van der Waals surface area contributed by atoms with E-state index in [0.717, 1.165) is 50.4 Å². The van der Waals surface area contributed by atoms with E-state index in [9.17, 15) is 4.79 Å². The number of aliphatic imine (C=N–C) groups is 1. The molecule has 11 nitrogen and oxygen atoms in total. The zero-order valence-electron chi connectivity index (χ0n) is 30.7. The number of nitrogens with zero attached hydrogens (tertiary/aromatic N) is 4. The first-order valence-corrected chi connectivity index (χ1v) is 18.0. The number of hydrogen-bond acceptors (Lipinski definition) is 7. The Morgan fingerprint density at radius 2 is 1.43 bits per heavy atom. The second-order valence-electron chi connectivity index (χ2n) is 13.4. The number of benzene rings is 5. The molecule has 0 unspecified atom stereocenters. The third-order valence-corrected chi connectivity index (χ3v) is 8.89. The Morgan fingerprint density at radius 1 is 0.796 bits per heavy atom. The predicted octanol–water partition coefficient (Wildman–Crippen LogP) is 8.03. The maximum absolute atomic E-state index is 12.8. The summed E-state index contributed by atoms with van der Waals surface area (Å²) in [6.45, 7) is 6.16. The average Bonchev–Trinajstić information content (AvgIpc) is 3.61.